The van der Waals surface area contributed by atoms with Crippen LogP contribution in [0, 0.1) is 0 Å². The van der Waals surface area contributed by atoms with Crippen LogP contribution in [-0.4, -0.2) is 22.4 Å². The number of nitrogen functional groups attached to an aromatic ring is 1. The van der Waals surface area contributed by atoms with E-state index in [0.29, 0.717) is 17.9 Å². The molecule has 1 unspecified atom stereocenters. The fourth-order valence-electron chi connectivity index (χ4n) is 1.56. The fraction of sp³-hybridized carbons (Fsp3) is 0.250. The number of carbonyl (C=O) groups excluding carboxylic acids is 1. The van der Waals surface area contributed by atoms with Gasteiger partial charge in [0.1, 0.15) is 5.82 Å². The predicted octanol–water partition coefficient (Wildman–Crippen LogP) is 1.36. The largest absolute Gasteiger partial charge is 0.351 e. The van der Waals surface area contributed by atoms with E-state index in [1.165, 1.54) is 6.20 Å². The summed E-state index contributed by atoms with van der Waals surface area (Å²) in [7, 11) is 0. The number of hydrogen-bond acceptors (Lipinski definition) is 6. The lowest BCUT2D eigenvalue weighted by Crippen LogP contribution is -2.27. The number of rotatable bonds is 5. The summed E-state index contributed by atoms with van der Waals surface area (Å²) in [5, 5.41) is 5.81. The van der Waals surface area contributed by atoms with Crippen molar-refractivity contribution < 1.29 is 4.79 Å². The van der Waals surface area contributed by atoms with Crippen LogP contribution in [0.15, 0.2) is 29.9 Å². The number of nitrogens with two attached hydrogens (primary N) is 1. The van der Waals surface area contributed by atoms with E-state index in [-0.39, 0.29) is 11.8 Å². The third-order valence-corrected chi connectivity index (χ3v) is 3.62. The number of anilines is 1. The van der Waals surface area contributed by atoms with E-state index in [0.717, 1.165) is 5.01 Å². The molecule has 0 aliphatic rings. The molecule has 2 heterocycles. The summed E-state index contributed by atoms with van der Waals surface area (Å²) < 4.78 is 0. The molecule has 2 rings (SSSR count). The molecule has 0 spiro atoms. The first-order valence-corrected chi connectivity index (χ1v) is 6.69. The molecular weight excluding hydrogens is 262 g/mol. The van der Waals surface area contributed by atoms with Gasteiger partial charge in [0.05, 0.1) is 5.01 Å². The van der Waals surface area contributed by atoms with Gasteiger partial charge < -0.3 is 10.7 Å². The van der Waals surface area contributed by atoms with Gasteiger partial charge in [0.25, 0.3) is 5.91 Å². The Bertz CT molecular complexity index is 543. The molecule has 2 aromatic heterocycles. The van der Waals surface area contributed by atoms with Crippen LogP contribution in [0.25, 0.3) is 0 Å². The Labute approximate surface area is 115 Å². The molecule has 0 fully saturated rings. The Hall–Kier alpha value is -1.99. The average molecular weight is 277 g/mol. The highest BCUT2D eigenvalue weighted by molar-refractivity contribution is 7.09. The first-order chi connectivity index (χ1) is 9.20. The van der Waals surface area contributed by atoms with Gasteiger partial charge in [-0.05, 0) is 12.1 Å². The molecule has 0 aliphatic heterocycles. The number of nitrogens with one attached hydrogen (secondary N) is 2. The molecule has 7 heteroatoms. The second-order valence-electron chi connectivity index (χ2n) is 4.06. The Morgan fingerprint density at radius 3 is 3.00 bits per heavy atom. The molecule has 0 bridgehead atoms. The zero-order chi connectivity index (χ0) is 13.7. The number of hydrazine groups is 1. The molecule has 0 saturated heterocycles. The standard InChI is InChI=1S/C12H15N5OS/c1-8(12-15-4-5-19-12)7-16-11(18)9-2-3-14-10(6-9)17-13/h2-6,8H,7,13H2,1H3,(H,14,17)(H,16,18). The van der Waals surface area contributed by atoms with Gasteiger partial charge in [0.2, 0.25) is 0 Å². The summed E-state index contributed by atoms with van der Waals surface area (Å²) in [5.74, 6) is 5.75. The molecule has 0 aromatic carbocycles. The smallest absolute Gasteiger partial charge is 0.251 e. The molecule has 4 N–H and O–H groups in total. The van der Waals surface area contributed by atoms with Crippen LogP contribution in [0.5, 0.6) is 0 Å². The number of aromatic nitrogens is 2. The number of carbonyl (C=O) groups is 1. The van der Waals surface area contributed by atoms with E-state index in [9.17, 15) is 4.79 Å². The minimum Gasteiger partial charge on any atom is -0.351 e. The summed E-state index contributed by atoms with van der Waals surface area (Å²) in [6.07, 6.45) is 3.30. The Balaban J connectivity index is 1.94. The van der Waals surface area contributed by atoms with Gasteiger partial charge in [-0.15, -0.1) is 11.3 Å². The van der Waals surface area contributed by atoms with Crippen molar-refractivity contribution in [3.05, 3.63) is 40.5 Å². The Morgan fingerprint density at radius 1 is 1.47 bits per heavy atom. The Kier molecular flexibility index (Phi) is 4.43. The lowest BCUT2D eigenvalue weighted by molar-refractivity contribution is 0.0951. The van der Waals surface area contributed by atoms with Gasteiger partial charge in [-0.2, -0.15) is 0 Å². The van der Waals surface area contributed by atoms with Gasteiger partial charge in [0, 0.05) is 35.8 Å². The highest BCUT2D eigenvalue weighted by Crippen LogP contribution is 2.16. The molecule has 0 saturated carbocycles. The fourth-order valence-corrected chi connectivity index (χ4v) is 2.26. The van der Waals surface area contributed by atoms with Crippen LogP contribution in [0.1, 0.15) is 28.2 Å². The summed E-state index contributed by atoms with van der Waals surface area (Å²) >= 11 is 1.59. The number of hydrogen-bond donors (Lipinski definition) is 3. The first-order valence-electron chi connectivity index (χ1n) is 5.81. The van der Waals surface area contributed by atoms with Crippen molar-refractivity contribution in [3.63, 3.8) is 0 Å². The zero-order valence-electron chi connectivity index (χ0n) is 10.5. The lowest BCUT2D eigenvalue weighted by atomic mass is 10.2. The number of amides is 1. The normalized spacial score (nSPS) is 11.9. The zero-order valence-corrected chi connectivity index (χ0v) is 11.3. The maximum Gasteiger partial charge on any atom is 0.251 e. The average Bonchev–Trinajstić information content (AvgIpc) is 2.98. The second kappa shape index (κ2) is 6.26. The van der Waals surface area contributed by atoms with Gasteiger partial charge in [-0.3, -0.25) is 4.79 Å². The van der Waals surface area contributed by atoms with Gasteiger partial charge in [-0.1, -0.05) is 6.92 Å². The topological polar surface area (TPSA) is 92.9 Å². The molecule has 100 valence electrons. The quantitative estimate of drug-likeness (QED) is 0.567. The van der Waals surface area contributed by atoms with Gasteiger partial charge in [-0.25, -0.2) is 15.8 Å². The van der Waals surface area contributed by atoms with Crippen molar-refractivity contribution >= 4 is 23.1 Å². The van der Waals surface area contributed by atoms with Crippen molar-refractivity contribution in [2.75, 3.05) is 12.0 Å². The summed E-state index contributed by atoms with van der Waals surface area (Å²) in [6, 6.07) is 3.24. The number of thiazole rings is 1. The van der Waals surface area contributed by atoms with Crippen molar-refractivity contribution in [2.24, 2.45) is 5.84 Å². The number of nitrogens with zero attached hydrogens (tertiary/aromatic N) is 2. The van der Waals surface area contributed by atoms with Crippen LogP contribution in [0.4, 0.5) is 5.82 Å². The van der Waals surface area contributed by atoms with Crippen LogP contribution >= 0.6 is 11.3 Å². The monoisotopic (exact) mass is 277 g/mol. The van der Waals surface area contributed by atoms with Crippen molar-refractivity contribution in [1.29, 1.82) is 0 Å². The predicted molar refractivity (Wildman–Crippen MR) is 74.9 cm³/mol. The minimum absolute atomic E-state index is 0.151. The Morgan fingerprint density at radius 2 is 2.32 bits per heavy atom. The molecule has 1 amide bonds. The third-order valence-electron chi connectivity index (χ3n) is 2.61. The molecule has 1 atom stereocenters. The summed E-state index contributed by atoms with van der Waals surface area (Å²) in [6.45, 7) is 2.57. The maximum atomic E-state index is 12.0. The SMILES string of the molecule is CC(CNC(=O)c1ccnc(NN)c1)c1nccs1. The van der Waals surface area contributed by atoms with Crippen LogP contribution < -0.4 is 16.6 Å². The van der Waals surface area contributed by atoms with E-state index < -0.39 is 0 Å². The van der Waals surface area contributed by atoms with E-state index >= 15 is 0 Å². The van der Waals surface area contributed by atoms with Crippen LogP contribution in [0.3, 0.4) is 0 Å². The number of pyridine rings is 1. The molecule has 19 heavy (non-hydrogen) atoms. The highest BCUT2D eigenvalue weighted by Gasteiger charge is 2.11. The summed E-state index contributed by atoms with van der Waals surface area (Å²) in [5.41, 5.74) is 2.93. The van der Waals surface area contributed by atoms with Crippen molar-refractivity contribution in [3.8, 4) is 0 Å². The first kappa shape index (κ1) is 13.4. The molecule has 2 aromatic rings. The molecule has 0 radical (unpaired) electrons. The minimum atomic E-state index is -0.151. The van der Waals surface area contributed by atoms with Crippen molar-refractivity contribution in [2.45, 2.75) is 12.8 Å². The van der Waals surface area contributed by atoms with Crippen molar-refractivity contribution in [1.82, 2.24) is 15.3 Å². The third kappa shape index (κ3) is 3.49. The van der Waals surface area contributed by atoms with Gasteiger partial charge in [0.15, 0.2) is 0 Å². The van der Waals surface area contributed by atoms with Crippen LogP contribution in [0.2, 0.25) is 0 Å². The van der Waals surface area contributed by atoms with E-state index in [2.05, 4.69) is 20.7 Å². The van der Waals surface area contributed by atoms with E-state index in [1.54, 1.807) is 29.7 Å². The molecule has 0 aliphatic carbocycles. The van der Waals surface area contributed by atoms with Crippen LogP contribution in [-0.2, 0) is 0 Å². The van der Waals surface area contributed by atoms with E-state index in [1.807, 2.05) is 12.3 Å². The summed E-state index contributed by atoms with van der Waals surface area (Å²) in [4.78, 5) is 20.1. The maximum absolute atomic E-state index is 12.0. The molecule has 6 nitrogen and oxygen atoms in total. The molecular formula is C12H15N5OS. The lowest BCUT2D eigenvalue weighted by Gasteiger charge is -2.10. The second-order valence-corrected chi connectivity index (χ2v) is 4.98. The highest BCUT2D eigenvalue weighted by atomic mass is 32.1. The van der Waals surface area contributed by atoms with Gasteiger partial charge >= 0.3 is 0 Å². The van der Waals surface area contributed by atoms with E-state index in [4.69, 9.17) is 5.84 Å².